The molecule has 0 N–H and O–H groups in total. The van der Waals surface area contributed by atoms with Crippen LogP contribution in [-0.2, 0) is 25.7 Å². The second-order valence-corrected chi connectivity index (χ2v) is 11.3. The van der Waals surface area contributed by atoms with E-state index >= 15 is 0 Å². The maximum absolute atomic E-state index is 13.9. The molecule has 1 heterocycles. The number of ether oxygens (including phenoxy) is 4. The van der Waals surface area contributed by atoms with Crippen LogP contribution in [0.15, 0.2) is 66.7 Å². The number of anilines is 1. The predicted molar refractivity (Wildman–Crippen MR) is 155 cm³/mol. The molecule has 2 atom stereocenters. The Morgan fingerprint density at radius 2 is 1.77 bits per heavy atom. The standard InChI is InChI=1S/C32H36ClNO6/c1-6-38-29(35)18-28-31(36)34(20-32(2,3)4)26-15-12-22(33)16-25(26)30(40-28)24-14-13-23(17-27(24)37-5)39-19-21-10-8-7-9-11-21/h7-17,28,30H,6,18-20H2,1-5H3/t28-,30-/m1/s1. The fraction of sp³-hybridized carbons (Fsp3) is 0.375. The Hall–Kier alpha value is -3.55. The van der Waals surface area contributed by atoms with Gasteiger partial charge in [-0.05, 0) is 48.2 Å². The lowest BCUT2D eigenvalue weighted by Crippen LogP contribution is -2.44. The molecule has 8 heteroatoms. The summed E-state index contributed by atoms with van der Waals surface area (Å²) in [5, 5.41) is 0.501. The minimum Gasteiger partial charge on any atom is -0.496 e. The summed E-state index contributed by atoms with van der Waals surface area (Å²) in [6.45, 7) is 8.91. The Bertz CT molecular complexity index is 1340. The number of hydrogen-bond donors (Lipinski definition) is 0. The van der Waals surface area contributed by atoms with Gasteiger partial charge < -0.3 is 23.8 Å². The van der Waals surface area contributed by atoms with E-state index in [-0.39, 0.29) is 24.3 Å². The first-order valence-corrected chi connectivity index (χ1v) is 13.7. The molecule has 0 fully saturated rings. The van der Waals surface area contributed by atoms with Crippen molar-refractivity contribution in [3.05, 3.63) is 88.4 Å². The SMILES string of the molecule is CCOC(=O)C[C@H]1O[C@H](c2ccc(OCc3ccccc3)cc2OC)c2cc(Cl)ccc2N(CC(C)(C)C)C1=O. The number of hydrogen-bond acceptors (Lipinski definition) is 6. The second kappa shape index (κ2) is 12.7. The number of esters is 1. The van der Waals surface area contributed by atoms with E-state index in [1.807, 2.05) is 48.5 Å². The summed E-state index contributed by atoms with van der Waals surface area (Å²) in [5.74, 6) is 0.331. The van der Waals surface area contributed by atoms with E-state index in [4.69, 9.17) is 30.5 Å². The van der Waals surface area contributed by atoms with Gasteiger partial charge in [0, 0.05) is 34.4 Å². The first-order valence-electron chi connectivity index (χ1n) is 13.4. The van der Waals surface area contributed by atoms with E-state index in [2.05, 4.69) is 20.8 Å². The van der Waals surface area contributed by atoms with Crippen LogP contribution in [0.1, 0.15) is 56.9 Å². The second-order valence-electron chi connectivity index (χ2n) is 10.9. The molecule has 40 heavy (non-hydrogen) atoms. The largest absolute Gasteiger partial charge is 0.496 e. The molecule has 0 aromatic heterocycles. The van der Waals surface area contributed by atoms with Gasteiger partial charge in [-0.25, -0.2) is 0 Å². The molecule has 1 aliphatic rings. The molecule has 1 amide bonds. The van der Waals surface area contributed by atoms with Crippen molar-refractivity contribution in [2.24, 2.45) is 5.41 Å². The van der Waals surface area contributed by atoms with Crippen LogP contribution in [0.3, 0.4) is 0 Å². The molecule has 3 aromatic rings. The van der Waals surface area contributed by atoms with E-state index in [0.29, 0.717) is 46.5 Å². The summed E-state index contributed by atoms with van der Waals surface area (Å²) in [5.41, 5.74) is 2.87. The number of carbonyl (C=O) groups excluding carboxylic acids is 2. The summed E-state index contributed by atoms with van der Waals surface area (Å²) in [6.07, 6.45) is -2.04. The number of carbonyl (C=O) groups is 2. The number of methoxy groups -OCH3 is 1. The topological polar surface area (TPSA) is 74.3 Å². The van der Waals surface area contributed by atoms with Gasteiger partial charge in [0.15, 0.2) is 0 Å². The fourth-order valence-electron chi connectivity index (χ4n) is 4.69. The lowest BCUT2D eigenvalue weighted by molar-refractivity contribution is -0.151. The van der Waals surface area contributed by atoms with Crippen molar-refractivity contribution in [2.45, 2.75) is 52.9 Å². The van der Waals surface area contributed by atoms with Gasteiger partial charge >= 0.3 is 5.97 Å². The molecule has 0 bridgehead atoms. The summed E-state index contributed by atoms with van der Waals surface area (Å²) in [7, 11) is 1.57. The van der Waals surface area contributed by atoms with Crippen molar-refractivity contribution in [3.8, 4) is 11.5 Å². The summed E-state index contributed by atoms with van der Waals surface area (Å²) >= 11 is 6.48. The van der Waals surface area contributed by atoms with Crippen molar-refractivity contribution in [1.29, 1.82) is 0 Å². The van der Waals surface area contributed by atoms with Gasteiger partial charge in [-0.15, -0.1) is 0 Å². The number of benzene rings is 3. The highest BCUT2D eigenvalue weighted by Gasteiger charge is 2.40. The molecule has 7 nitrogen and oxygen atoms in total. The lowest BCUT2D eigenvalue weighted by Gasteiger charge is -2.31. The Balaban J connectivity index is 1.77. The molecule has 0 radical (unpaired) electrons. The molecule has 0 saturated carbocycles. The van der Waals surface area contributed by atoms with Crippen LogP contribution in [0.4, 0.5) is 5.69 Å². The quantitative estimate of drug-likeness (QED) is 0.267. The summed E-state index contributed by atoms with van der Waals surface area (Å²) in [4.78, 5) is 28.2. The third-order valence-electron chi connectivity index (χ3n) is 6.43. The Morgan fingerprint density at radius 3 is 2.45 bits per heavy atom. The summed E-state index contributed by atoms with van der Waals surface area (Å²) in [6, 6.07) is 20.8. The molecule has 0 spiro atoms. The lowest BCUT2D eigenvalue weighted by atomic mass is 9.94. The minimum absolute atomic E-state index is 0.211. The van der Waals surface area contributed by atoms with Gasteiger partial charge in [0.1, 0.15) is 30.3 Å². The van der Waals surface area contributed by atoms with Gasteiger partial charge in [0.05, 0.1) is 20.1 Å². The highest BCUT2D eigenvalue weighted by atomic mass is 35.5. The number of nitrogens with zero attached hydrogens (tertiary/aromatic N) is 1. The predicted octanol–water partition coefficient (Wildman–Crippen LogP) is 6.75. The number of amides is 1. The molecule has 0 aliphatic carbocycles. The van der Waals surface area contributed by atoms with Crippen LogP contribution in [0.25, 0.3) is 0 Å². The Morgan fingerprint density at radius 1 is 1.02 bits per heavy atom. The van der Waals surface area contributed by atoms with Crippen LogP contribution in [-0.4, -0.2) is 38.2 Å². The first kappa shape index (κ1) is 29.4. The zero-order valence-electron chi connectivity index (χ0n) is 23.6. The molecule has 3 aromatic carbocycles. The normalized spacial score (nSPS) is 17.1. The Kier molecular flexibility index (Phi) is 9.38. The molecule has 1 aliphatic heterocycles. The van der Waals surface area contributed by atoms with E-state index in [1.165, 1.54) is 0 Å². The van der Waals surface area contributed by atoms with Crippen LogP contribution in [0, 0.1) is 5.41 Å². The summed E-state index contributed by atoms with van der Waals surface area (Å²) < 4.78 is 23.5. The van der Waals surface area contributed by atoms with Crippen LogP contribution in [0.5, 0.6) is 11.5 Å². The van der Waals surface area contributed by atoms with Crippen LogP contribution < -0.4 is 14.4 Å². The maximum Gasteiger partial charge on any atom is 0.308 e. The molecule has 0 unspecified atom stereocenters. The third-order valence-corrected chi connectivity index (χ3v) is 6.67. The molecular weight excluding hydrogens is 530 g/mol. The average Bonchev–Trinajstić information content (AvgIpc) is 3.02. The highest BCUT2D eigenvalue weighted by Crippen LogP contribution is 2.44. The minimum atomic E-state index is -1.07. The van der Waals surface area contributed by atoms with Crippen molar-refractivity contribution in [3.63, 3.8) is 0 Å². The maximum atomic E-state index is 13.9. The number of fused-ring (bicyclic) bond motifs is 1. The van der Waals surface area contributed by atoms with E-state index < -0.39 is 18.2 Å². The monoisotopic (exact) mass is 565 g/mol. The van der Waals surface area contributed by atoms with Gasteiger partial charge in [-0.2, -0.15) is 0 Å². The van der Waals surface area contributed by atoms with Crippen molar-refractivity contribution < 1.29 is 28.5 Å². The van der Waals surface area contributed by atoms with Crippen molar-refractivity contribution in [1.82, 2.24) is 0 Å². The first-order chi connectivity index (χ1) is 19.1. The van der Waals surface area contributed by atoms with Gasteiger partial charge in [-0.1, -0.05) is 62.7 Å². The fourth-order valence-corrected chi connectivity index (χ4v) is 4.87. The van der Waals surface area contributed by atoms with Gasteiger partial charge in [-0.3, -0.25) is 9.59 Å². The van der Waals surface area contributed by atoms with Crippen molar-refractivity contribution >= 4 is 29.2 Å². The van der Waals surface area contributed by atoms with Gasteiger partial charge in [0.2, 0.25) is 0 Å². The van der Waals surface area contributed by atoms with E-state index in [9.17, 15) is 9.59 Å². The van der Waals surface area contributed by atoms with Crippen molar-refractivity contribution in [2.75, 3.05) is 25.2 Å². The van der Waals surface area contributed by atoms with E-state index in [1.54, 1.807) is 37.1 Å². The number of rotatable bonds is 9. The molecule has 4 rings (SSSR count). The zero-order valence-corrected chi connectivity index (χ0v) is 24.4. The average molecular weight is 566 g/mol. The smallest absolute Gasteiger partial charge is 0.308 e. The molecular formula is C32H36ClNO6. The van der Waals surface area contributed by atoms with Gasteiger partial charge in [0.25, 0.3) is 5.91 Å². The molecule has 0 saturated heterocycles. The van der Waals surface area contributed by atoms with Crippen LogP contribution >= 0.6 is 11.6 Å². The highest BCUT2D eigenvalue weighted by molar-refractivity contribution is 6.30. The zero-order chi connectivity index (χ0) is 28.9. The Labute approximate surface area is 240 Å². The van der Waals surface area contributed by atoms with E-state index in [0.717, 1.165) is 5.56 Å². The van der Waals surface area contributed by atoms with Crippen LogP contribution in [0.2, 0.25) is 5.02 Å². The molecule has 212 valence electrons. The number of halogens is 1. The third kappa shape index (κ3) is 7.14.